The number of alkyl halides is 3. The van der Waals surface area contributed by atoms with Gasteiger partial charge in [-0.1, -0.05) is 6.07 Å². The van der Waals surface area contributed by atoms with E-state index in [0.717, 1.165) is 102 Å². The Morgan fingerprint density at radius 2 is 1.45 bits per heavy atom. The number of fused-ring (bicyclic) bond motifs is 1. The third-order valence-corrected chi connectivity index (χ3v) is 14.1. The Kier molecular flexibility index (Phi) is 12.5. The standard InChI is InChI=1S/C46H54F3N11O4/c1-50-37-5-2-33(24-36(37)46(47,48)49)57-18-13-32(14-19-57)43(62)53-40-7-3-34(25-51-40)58-15-10-30(11-16-58)26-55-20-22-56(23-21-55)27-31-12-17-59(28-31)41-8-4-35-38(52-41)29-60(45(35)64)39-6-9-42(61)54-44(39)63/h2-5,7-8,24-25,30-32,39H,6,9-23,26-29H2,(H,51,53,62)(H,54,61,63)/t31-,39?/m0/s1. The van der Waals surface area contributed by atoms with Crippen molar-refractivity contribution in [3.63, 3.8) is 0 Å². The fourth-order valence-electron chi connectivity index (χ4n) is 10.4. The van der Waals surface area contributed by atoms with Crippen LogP contribution in [-0.2, 0) is 27.1 Å². The van der Waals surface area contributed by atoms with Crippen molar-refractivity contribution in [2.45, 2.75) is 63.7 Å². The Hall–Kier alpha value is -5.80. The van der Waals surface area contributed by atoms with Gasteiger partial charge in [-0.15, -0.1) is 0 Å². The van der Waals surface area contributed by atoms with Gasteiger partial charge in [-0.25, -0.2) is 14.8 Å². The van der Waals surface area contributed by atoms with Gasteiger partial charge in [-0.2, -0.15) is 13.2 Å². The fourth-order valence-corrected chi connectivity index (χ4v) is 10.4. The second kappa shape index (κ2) is 18.4. The predicted molar refractivity (Wildman–Crippen MR) is 234 cm³/mol. The van der Waals surface area contributed by atoms with Crippen LogP contribution in [0.1, 0.15) is 66.6 Å². The Balaban J connectivity index is 0.665. The molecule has 5 saturated heterocycles. The topological polar surface area (TPSA) is 142 Å². The zero-order valence-corrected chi connectivity index (χ0v) is 35.9. The van der Waals surface area contributed by atoms with Crippen LogP contribution >= 0.6 is 0 Å². The van der Waals surface area contributed by atoms with E-state index in [1.807, 2.05) is 35.4 Å². The molecule has 6 aliphatic heterocycles. The number of amides is 4. The molecule has 8 heterocycles. The van der Waals surface area contributed by atoms with Gasteiger partial charge < -0.3 is 34.7 Å². The fraction of sp³-hybridized carbons (Fsp3) is 0.543. The van der Waals surface area contributed by atoms with Crippen LogP contribution in [0.5, 0.6) is 0 Å². The lowest BCUT2D eigenvalue weighted by atomic mass is 9.95. The highest BCUT2D eigenvalue weighted by Gasteiger charge is 2.41. The van der Waals surface area contributed by atoms with Gasteiger partial charge >= 0.3 is 6.18 Å². The molecule has 1 unspecified atom stereocenters. The summed E-state index contributed by atoms with van der Waals surface area (Å²) in [6, 6.07) is 10.7. The van der Waals surface area contributed by atoms with E-state index in [2.05, 4.69) is 40.1 Å². The molecular formula is C46H54F3N11O4. The molecule has 9 rings (SSSR count). The summed E-state index contributed by atoms with van der Waals surface area (Å²) in [6.45, 7) is 18.4. The van der Waals surface area contributed by atoms with Crippen molar-refractivity contribution < 1.29 is 32.3 Å². The minimum atomic E-state index is -4.61. The first-order valence-corrected chi connectivity index (χ1v) is 22.6. The molecule has 15 nitrogen and oxygen atoms in total. The number of pyridine rings is 2. The second-order valence-corrected chi connectivity index (χ2v) is 18.2. The molecule has 0 aliphatic carbocycles. The van der Waals surface area contributed by atoms with Crippen LogP contribution < -0.4 is 25.3 Å². The summed E-state index contributed by atoms with van der Waals surface area (Å²) in [5, 5.41) is 5.29. The summed E-state index contributed by atoms with van der Waals surface area (Å²) in [4.78, 5) is 76.0. The number of imide groups is 1. The van der Waals surface area contributed by atoms with E-state index in [9.17, 15) is 32.3 Å². The molecule has 0 saturated carbocycles. The molecule has 0 bridgehead atoms. The molecule has 18 heteroatoms. The van der Waals surface area contributed by atoms with E-state index in [-0.39, 0.29) is 36.6 Å². The van der Waals surface area contributed by atoms with E-state index < -0.39 is 29.4 Å². The Morgan fingerprint density at radius 3 is 2.12 bits per heavy atom. The van der Waals surface area contributed by atoms with Gasteiger partial charge in [0.15, 0.2) is 5.69 Å². The van der Waals surface area contributed by atoms with E-state index in [4.69, 9.17) is 11.6 Å². The van der Waals surface area contributed by atoms with E-state index in [1.54, 1.807) is 4.90 Å². The smallest absolute Gasteiger partial charge is 0.372 e. The summed E-state index contributed by atoms with van der Waals surface area (Å²) >= 11 is 0. The molecule has 64 heavy (non-hydrogen) atoms. The largest absolute Gasteiger partial charge is 0.407 e. The summed E-state index contributed by atoms with van der Waals surface area (Å²) in [5.41, 5.74) is 1.32. The number of aromatic nitrogens is 2. The van der Waals surface area contributed by atoms with Crippen LogP contribution in [0.15, 0.2) is 48.7 Å². The number of carbonyl (C=O) groups is 4. The highest BCUT2D eigenvalue weighted by Crippen LogP contribution is 2.39. The highest BCUT2D eigenvalue weighted by molar-refractivity contribution is 6.05. The molecule has 3 aromatic rings. The van der Waals surface area contributed by atoms with Crippen LogP contribution in [0.25, 0.3) is 4.85 Å². The van der Waals surface area contributed by atoms with E-state index in [1.165, 1.54) is 12.1 Å². The van der Waals surface area contributed by atoms with Gasteiger partial charge in [0.25, 0.3) is 5.91 Å². The number of hydrogen-bond donors (Lipinski definition) is 2. The monoisotopic (exact) mass is 881 g/mol. The highest BCUT2D eigenvalue weighted by atomic mass is 19.4. The third-order valence-electron chi connectivity index (χ3n) is 14.1. The lowest BCUT2D eigenvalue weighted by Crippen LogP contribution is -2.52. The average molecular weight is 882 g/mol. The SMILES string of the molecule is [C-]#[N+]c1ccc(N2CCC(C(=O)Nc3ccc(N4CCC(CN5CCN(C[C@@H]6CCN(c7ccc8c(n7)CN(C7CCC(=O)NC7=O)C8=O)C6)CC5)CC4)cn3)CC2)cc1C(F)(F)F. The molecule has 0 spiro atoms. The first kappa shape index (κ1) is 43.5. The zero-order valence-electron chi connectivity index (χ0n) is 35.9. The lowest BCUT2D eigenvalue weighted by Gasteiger charge is -2.40. The van der Waals surface area contributed by atoms with E-state index in [0.29, 0.717) is 67.0 Å². The number of piperazine rings is 1. The average Bonchev–Trinajstić information content (AvgIpc) is 3.90. The van der Waals surface area contributed by atoms with Crippen LogP contribution in [0.3, 0.4) is 0 Å². The van der Waals surface area contributed by atoms with Gasteiger partial charge in [0.2, 0.25) is 17.7 Å². The van der Waals surface area contributed by atoms with Crippen molar-refractivity contribution in [1.29, 1.82) is 0 Å². The number of benzene rings is 1. The molecule has 2 N–H and O–H groups in total. The Morgan fingerprint density at radius 1 is 0.797 bits per heavy atom. The van der Waals surface area contributed by atoms with Crippen molar-refractivity contribution >= 4 is 52.3 Å². The number of nitrogens with zero attached hydrogens (tertiary/aromatic N) is 9. The quantitative estimate of drug-likeness (QED) is 0.210. The minimum absolute atomic E-state index is 0.140. The first-order valence-electron chi connectivity index (χ1n) is 22.6. The third kappa shape index (κ3) is 9.51. The molecule has 2 atom stereocenters. The number of anilines is 4. The molecule has 5 fully saturated rings. The van der Waals surface area contributed by atoms with Gasteiger partial charge in [0.1, 0.15) is 17.7 Å². The van der Waals surface area contributed by atoms with Crippen LogP contribution in [0.4, 0.5) is 41.9 Å². The van der Waals surface area contributed by atoms with Crippen molar-refractivity contribution in [2.75, 3.05) is 98.6 Å². The van der Waals surface area contributed by atoms with Crippen LogP contribution in [0.2, 0.25) is 0 Å². The molecule has 2 aromatic heterocycles. The molecule has 0 radical (unpaired) electrons. The van der Waals surface area contributed by atoms with E-state index >= 15 is 0 Å². The molecular weight excluding hydrogens is 828 g/mol. The number of piperidine rings is 3. The number of rotatable bonds is 10. The Bertz CT molecular complexity index is 2280. The number of halogens is 3. The van der Waals surface area contributed by atoms with Crippen molar-refractivity contribution in [1.82, 2.24) is 30.0 Å². The summed E-state index contributed by atoms with van der Waals surface area (Å²) < 4.78 is 40.5. The molecule has 338 valence electrons. The van der Waals surface area contributed by atoms with Gasteiger partial charge in [-0.05, 0) is 86.8 Å². The Labute approximate surface area is 370 Å². The maximum Gasteiger partial charge on any atom is 0.407 e. The van der Waals surface area contributed by atoms with Crippen molar-refractivity contribution in [3.05, 3.63) is 76.9 Å². The van der Waals surface area contributed by atoms with Crippen LogP contribution in [0, 0.1) is 24.3 Å². The first-order chi connectivity index (χ1) is 30.9. The zero-order chi connectivity index (χ0) is 44.5. The molecule has 6 aliphatic rings. The van der Waals surface area contributed by atoms with Gasteiger partial charge in [0, 0.05) is 96.6 Å². The van der Waals surface area contributed by atoms with Crippen LogP contribution in [-0.4, -0.2) is 133 Å². The number of nitrogens with one attached hydrogen (secondary N) is 2. The van der Waals surface area contributed by atoms with Gasteiger partial charge in [0.05, 0.1) is 41.8 Å². The predicted octanol–water partition coefficient (Wildman–Crippen LogP) is 5.02. The molecule has 1 aromatic carbocycles. The minimum Gasteiger partial charge on any atom is -0.372 e. The second-order valence-electron chi connectivity index (χ2n) is 18.2. The van der Waals surface area contributed by atoms with Crippen molar-refractivity contribution in [3.8, 4) is 0 Å². The maximum atomic E-state index is 13.5. The lowest BCUT2D eigenvalue weighted by molar-refractivity contribution is -0.138. The number of carbonyl (C=O) groups excluding carboxylic acids is 4. The van der Waals surface area contributed by atoms with Gasteiger partial charge in [-0.3, -0.25) is 24.5 Å². The van der Waals surface area contributed by atoms with Crippen molar-refractivity contribution in [2.24, 2.45) is 17.8 Å². The normalized spacial score (nSPS) is 23.1. The number of hydrogen-bond acceptors (Lipinski definition) is 11. The summed E-state index contributed by atoms with van der Waals surface area (Å²) in [6.07, 6.45) is 2.08. The summed E-state index contributed by atoms with van der Waals surface area (Å²) in [5.74, 6) is 1.21. The maximum absolute atomic E-state index is 13.5. The molecule has 4 amide bonds. The summed E-state index contributed by atoms with van der Waals surface area (Å²) in [7, 11) is 0.